The summed E-state index contributed by atoms with van der Waals surface area (Å²) in [4.78, 5) is 28.9. The number of nitrogens with zero attached hydrogens (tertiary/aromatic N) is 2. The lowest BCUT2D eigenvalue weighted by atomic mass is 10.1. The molecule has 2 aromatic carbocycles. The summed E-state index contributed by atoms with van der Waals surface area (Å²) < 4.78 is 18.5. The van der Waals surface area contributed by atoms with Gasteiger partial charge in [0.25, 0.3) is 5.91 Å². The number of hydrogen-bond acceptors (Lipinski definition) is 4. The molecule has 4 rings (SSSR count). The van der Waals surface area contributed by atoms with Gasteiger partial charge >= 0.3 is 0 Å². The maximum absolute atomic E-state index is 13.0. The van der Waals surface area contributed by atoms with Crippen molar-refractivity contribution in [2.24, 2.45) is 0 Å². The fraction of sp³-hybridized carbons (Fsp3) is 0.333. The molecule has 0 spiro atoms. The fourth-order valence-corrected chi connectivity index (χ4v) is 3.69. The molecule has 0 atom stereocenters. The SMILES string of the molecule is COc1cc2c(cc1C(=O)N1CCN(Cc3ccc(F)cc3)C(=O)C1)CCN2. The topological polar surface area (TPSA) is 61.9 Å². The quantitative estimate of drug-likeness (QED) is 0.880. The van der Waals surface area contributed by atoms with Crippen molar-refractivity contribution >= 4 is 17.5 Å². The third-order valence-corrected chi connectivity index (χ3v) is 5.26. The Hall–Kier alpha value is -3.09. The lowest BCUT2D eigenvalue weighted by Gasteiger charge is -2.34. The average molecular weight is 383 g/mol. The minimum Gasteiger partial charge on any atom is -0.496 e. The Morgan fingerprint density at radius 1 is 1.21 bits per heavy atom. The van der Waals surface area contributed by atoms with E-state index in [1.54, 1.807) is 29.0 Å². The van der Waals surface area contributed by atoms with Crippen molar-refractivity contribution in [3.63, 3.8) is 0 Å². The Morgan fingerprint density at radius 3 is 2.71 bits per heavy atom. The molecule has 28 heavy (non-hydrogen) atoms. The molecule has 0 aromatic heterocycles. The highest BCUT2D eigenvalue weighted by atomic mass is 19.1. The number of benzene rings is 2. The summed E-state index contributed by atoms with van der Waals surface area (Å²) in [6.07, 6.45) is 0.865. The van der Waals surface area contributed by atoms with E-state index in [9.17, 15) is 14.0 Å². The lowest BCUT2D eigenvalue weighted by Crippen LogP contribution is -2.51. The molecule has 146 valence electrons. The van der Waals surface area contributed by atoms with Crippen LogP contribution in [0.1, 0.15) is 21.5 Å². The molecule has 2 aromatic rings. The van der Waals surface area contributed by atoms with E-state index in [1.165, 1.54) is 12.1 Å². The van der Waals surface area contributed by atoms with Gasteiger partial charge in [0.1, 0.15) is 18.1 Å². The van der Waals surface area contributed by atoms with Crippen LogP contribution < -0.4 is 10.1 Å². The highest BCUT2D eigenvalue weighted by molar-refractivity contribution is 6.00. The Kier molecular flexibility index (Phi) is 4.90. The molecule has 1 N–H and O–H groups in total. The van der Waals surface area contributed by atoms with Gasteiger partial charge in [0, 0.05) is 37.9 Å². The number of anilines is 1. The molecular weight excluding hydrogens is 361 g/mol. The Bertz CT molecular complexity index is 914. The van der Waals surface area contributed by atoms with Crippen molar-refractivity contribution in [3.8, 4) is 5.75 Å². The smallest absolute Gasteiger partial charge is 0.258 e. The van der Waals surface area contributed by atoms with Crippen LogP contribution in [-0.4, -0.2) is 54.9 Å². The minimum absolute atomic E-state index is 0.0263. The predicted octanol–water partition coefficient (Wildman–Crippen LogP) is 2.29. The van der Waals surface area contributed by atoms with Crippen LogP contribution in [-0.2, 0) is 17.8 Å². The summed E-state index contributed by atoms with van der Waals surface area (Å²) in [6.45, 7) is 2.17. The monoisotopic (exact) mass is 383 g/mol. The van der Waals surface area contributed by atoms with Gasteiger partial charge in [-0.1, -0.05) is 12.1 Å². The number of methoxy groups -OCH3 is 1. The second kappa shape index (κ2) is 7.50. The van der Waals surface area contributed by atoms with Crippen molar-refractivity contribution in [3.05, 3.63) is 58.9 Å². The van der Waals surface area contributed by atoms with Crippen LogP contribution in [0.4, 0.5) is 10.1 Å². The first-order valence-electron chi connectivity index (χ1n) is 9.31. The number of nitrogens with one attached hydrogen (secondary N) is 1. The standard InChI is InChI=1S/C21H22FN3O3/c1-28-19-11-18-15(6-7-23-18)10-17(19)21(27)25-9-8-24(20(26)13-25)12-14-2-4-16(22)5-3-14/h2-5,10-11,23H,6-9,12-13H2,1H3. The molecular formula is C21H22FN3O3. The first-order chi connectivity index (χ1) is 13.5. The molecule has 0 unspecified atom stereocenters. The molecule has 6 nitrogen and oxygen atoms in total. The Labute approximate surface area is 162 Å². The second-order valence-corrected chi connectivity index (χ2v) is 7.05. The molecule has 0 saturated carbocycles. The zero-order chi connectivity index (χ0) is 19.7. The van der Waals surface area contributed by atoms with Crippen LogP contribution in [0.2, 0.25) is 0 Å². The number of amides is 2. The van der Waals surface area contributed by atoms with Crippen molar-refractivity contribution in [2.75, 3.05) is 38.6 Å². The van der Waals surface area contributed by atoms with Crippen LogP contribution in [0, 0.1) is 5.82 Å². The number of halogens is 1. The van der Waals surface area contributed by atoms with E-state index in [4.69, 9.17) is 4.74 Å². The molecule has 2 heterocycles. The highest BCUT2D eigenvalue weighted by Crippen LogP contribution is 2.31. The van der Waals surface area contributed by atoms with Crippen LogP contribution >= 0.6 is 0 Å². The van der Waals surface area contributed by atoms with Gasteiger partial charge in [-0.2, -0.15) is 0 Å². The summed E-state index contributed by atoms with van der Waals surface area (Å²) >= 11 is 0. The lowest BCUT2D eigenvalue weighted by molar-refractivity contribution is -0.135. The molecule has 0 radical (unpaired) electrons. The molecule has 1 saturated heterocycles. The summed E-state index contributed by atoms with van der Waals surface area (Å²) in [5.74, 6) is -0.102. The zero-order valence-corrected chi connectivity index (χ0v) is 15.7. The zero-order valence-electron chi connectivity index (χ0n) is 15.7. The van der Waals surface area contributed by atoms with Gasteiger partial charge in [0.2, 0.25) is 5.91 Å². The van der Waals surface area contributed by atoms with E-state index >= 15 is 0 Å². The van der Waals surface area contributed by atoms with Gasteiger partial charge in [-0.05, 0) is 35.7 Å². The van der Waals surface area contributed by atoms with Crippen molar-refractivity contribution in [1.29, 1.82) is 0 Å². The van der Waals surface area contributed by atoms with Crippen molar-refractivity contribution in [2.45, 2.75) is 13.0 Å². The van der Waals surface area contributed by atoms with E-state index in [2.05, 4.69) is 5.32 Å². The molecule has 2 aliphatic heterocycles. The second-order valence-electron chi connectivity index (χ2n) is 7.05. The molecule has 0 aliphatic carbocycles. The number of carbonyl (C=O) groups excluding carboxylic acids is 2. The number of ether oxygens (including phenoxy) is 1. The molecule has 2 aliphatic rings. The van der Waals surface area contributed by atoms with Crippen LogP contribution in [0.25, 0.3) is 0 Å². The van der Waals surface area contributed by atoms with Crippen molar-refractivity contribution in [1.82, 2.24) is 9.80 Å². The van der Waals surface area contributed by atoms with Gasteiger partial charge < -0.3 is 19.9 Å². The van der Waals surface area contributed by atoms with Gasteiger partial charge in [0.15, 0.2) is 0 Å². The minimum atomic E-state index is -0.302. The van der Waals surface area contributed by atoms with E-state index in [0.29, 0.717) is 30.9 Å². The van der Waals surface area contributed by atoms with Gasteiger partial charge in [-0.25, -0.2) is 4.39 Å². The van der Waals surface area contributed by atoms with Gasteiger partial charge in [-0.3, -0.25) is 9.59 Å². The number of carbonyl (C=O) groups is 2. The molecule has 7 heteroatoms. The molecule has 0 bridgehead atoms. The third-order valence-electron chi connectivity index (χ3n) is 5.26. The molecule has 1 fully saturated rings. The first kappa shape index (κ1) is 18.3. The number of fused-ring (bicyclic) bond motifs is 1. The molecule has 2 amide bonds. The summed E-state index contributed by atoms with van der Waals surface area (Å²) in [5.41, 5.74) is 3.44. The number of hydrogen-bond donors (Lipinski definition) is 1. The predicted molar refractivity (Wildman–Crippen MR) is 103 cm³/mol. The van der Waals surface area contributed by atoms with E-state index < -0.39 is 0 Å². The van der Waals surface area contributed by atoms with Gasteiger partial charge in [-0.15, -0.1) is 0 Å². The normalized spacial score (nSPS) is 16.0. The summed E-state index contributed by atoms with van der Waals surface area (Å²) in [6, 6.07) is 9.82. The summed E-state index contributed by atoms with van der Waals surface area (Å²) in [7, 11) is 1.54. The number of piperazine rings is 1. The van der Waals surface area contributed by atoms with E-state index in [1.807, 2.05) is 12.1 Å². The van der Waals surface area contributed by atoms with E-state index in [0.717, 1.165) is 29.8 Å². The van der Waals surface area contributed by atoms with Crippen molar-refractivity contribution < 1.29 is 18.7 Å². The van der Waals surface area contributed by atoms with Crippen LogP contribution in [0.15, 0.2) is 36.4 Å². The largest absolute Gasteiger partial charge is 0.496 e. The Balaban J connectivity index is 1.46. The maximum atomic E-state index is 13.0. The maximum Gasteiger partial charge on any atom is 0.258 e. The summed E-state index contributed by atoms with van der Waals surface area (Å²) in [5, 5.41) is 3.27. The Morgan fingerprint density at radius 2 is 2.00 bits per heavy atom. The van der Waals surface area contributed by atoms with Gasteiger partial charge in [0.05, 0.1) is 12.7 Å². The number of rotatable bonds is 4. The van der Waals surface area contributed by atoms with E-state index in [-0.39, 0.29) is 24.2 Å². The van der Waals surface area contributed by atoms with Crippen LogP contribution in [0.5, 0.6) is 5.75 Å². The third kappa shape index (κ3) is 3.52. The fourth-order valence-electron chi connectivity index (χ4n) is 3.69. The first-order valence-corrected chi connectivity index (χ1v) is 9.31. The highest BCUT2D eigenvalue weighted by Gasteiger charge is 2.30. The average Bonchev–Trinajstić information content (AvgIpc) is 3.17. The van der Waals surface area contributed by atoms with Crippen LogP contribution in [0.3, 0.4) is 0 Å².